The van der Waals surface area contributed by atoms with Gasteiger partial charge in [0.1, 0.15) is 12.0 Å². The Balaban J connectivity index is 2.03. The van der Waals surface area contributed by atoms with Crippen LogP contribution in [0.2, 0.25) is 0 Å². The molecule has 0 saturated carbocycles. The maximum atomic E-state index is 13.3. The molecule has 1 fully saturated rings. The molecule has 0 radical (unpaired) electrons. The van der Waals surface area contributed by atoms with E-state index in [1.165, 1.54) is 6.08 Å². The van der Waals surface area contributed by atoms with Crippen LogP contribution in [0.4, 0.5) is 8.78 Å². The van der Waals surface area contributed by atoms with Gasteiger partial charge in [-0.25, -0.2) is 8.78 Å². The Morgan fingerprint density at radius 3 is 3.07 bits per heavy atom. The summed E-state index contributed by atoms with van der Waals surface area (Å²) in [4.78, 5) is 5.01. The minimum Gasteiger partial charge on any atom is -0.301 e. The smallest absolute Gasteiger partial charge is 0.128 e. The molecule has 1 aliphatic carbocycles. The molecule has 1 aliphatic heterocycles. The van der Waals surface area contributed by atoms with Crippen LogP contribution in [-0.2, 0) is 4.84 Å². The lowest BCUT2D eigenvalue weighted by Gasteiger charge is -2.23. The van der Waals surface area contributed by atoms with E-state index in [4.69, 9.17) is 4.84 Å². The zero-order valence-corrected chi connectivity index (χ0v) is 8.67. The second kappa shape index (κ2) is 4.41. The second-order valence-electron chi connectivity index (χ2n) is 4.16. The number of hydroxylamine groups is 1. The third-order valence-electron chi connectivity index (χ3n) is 3.00. The average Bonchev–Trinajstić information content (AvgIpc) is 2.66. The Hall–Kier alpha value is -0.740. The molecule has 0 bridgehead atoms. The molecule has 2 aliphatic rings. The van der Waals surface area contributed by atoms with Crippen LogP contribution in [0.25, 0.3) is 0 Å². The molecule has 0 spiro atoms. The van der Waals surface area contributed by atoms with Crippen molar-refractivity contribution in [3.05, 3.63) is 23.6 Å². The maximum absolute atomic E-state index is 13.3. The van der Waals surface area contributed by atoms with E-state index in [-0.39, 0.29) is 12.0 Å². The van der Waals surface area contributed by atoms with Gasteiger partial charge in [-0.15, -0.1) is 0 Å². The zero-order chi connectivity index (χ0) is 10.8. The number of halogens is 2. The molecule has 84 valence electrons. The van der Waals surface area contributed by atoms with Gasteiger partial charge in [0.25, 0.3) is 0 Å². The summed E-state index contributed by atoms with van der Waals surface area (Å²) in [7, 11) is 0. The number of hydrogen-bond acceptors (Lipinski definition) is 2. The SMILES string of the molecule is CC1C(C[C@H]2CCON2)=CC(F)=CC1F. The van der Waals surface area contributed by atoms with E-state index in [1.807, 2.05) is 0 Å². The largest absolute Gasteiger partial charge is 0.301 e. The first-order valence-corrected chi connectivity index (χ1v) is 5.26. The van der Waals surface area contributed by atoms with Gasteiger partial charge in [-0.3, -0.25) is 0 Å². The van der Waals surface area contributed by atoms with Crippen molar-refractivity contribution in [2.75, 3.05) is 6.61 Å². The predicted molar refractivity (Wildman–Crippen MR) is 53.4 cm³/mol. The van der Waals surface area contributed by atoms with E-state index in [0.29, 0.717) is 13.0 Å². The highest BCUT2D eigenvalue weighted by Crippen LogP contribution is 2.30. The summed E-state index contributed by atoms with van der Waals surface area (Å²) in [6.45, 7) is 2.46. The minimum absolute atomic E-state index is 0.191. The molecular formula is C11H15F2NO. The van der Waals surface area contributed by atoms with Gasteiger partial charge >= 0.3 is 0 Å². The summed E-state index contributed by atoms with van der Waals surface area (Å²) < 4.78 is 26.4. The summed E-state index contributed by atoms with van der Waals surface area (Å²) >= 11 is 0. The first kappa shape index (κ1) is 10.8. The van der Waals surface area contributed by atoms with Crippen molar-refractivity contribution in [3.8, 4) is 0 Å². The molecule has 4 heteroatoms. The molecule has 3 atom stereocenters. The lowest BCUT2D eigenvalue weighted by molar-refractivity contribution is 0.0876. The normalized spacial score (nSPS) is 36.3. The molecular weight excluding hydrogens is 200 g/mol. The van der Waals surface area contributed by atoms with Crippen LogP contribution in [-0.4, -0.2) is 18.8 Å². The summed E-state index contributed by atoms with van der Waals surface area (Å²) in [5, 5.41) is 0. The number of hydrogen-bond donors (Lipinski definition) is 1. The molecule has 0 aromatic carbocycles. The molecule has 1 N–H and O–H groups in total. The Labute approximate surface area is 87.9 Å². The van der Waals surface area contributed by atoms with Crippen molar-refractivity contribution < 1.29 is 13.6 Å². The van der Waals surface area contributed by atoms with Gasteiger partial charge in [-0.1, -0.05) is 12.5 Å². The Morgan fingerprint density at radius 2 is 2.40 bits per heavy atom. The van der Waals surface area contributed by atoms with Gasteiger partial charge in [0.2, 0.25) is 0 Å². The Morgan fingerprint density at radius 1 is 1.60 bits per heavy atom. The molecule has 0 amide bonds. The zero-order valence-electron chi connectivity index (χ0n) is 8.67. The lowest BCUT2D eigenvalue weighted by Crippen LogP contribution is -2.25. The third kappa shape index (κ3) is 2.44. The van der Waals surface area contributed by atoms with Crippen molar-refractivity contribution in [2.24, 2.45) is 5.92 Å². The van der Waals surface area contributed by atoms with Crippen molar-refractivity contribution in [1.29, 1.82) is 0 Å². The molecule has 1 heterocycles. The number of rotatable bonds is 2. The molecule has 0 aromatic heterocycles. The van der Waals surface area contributed by atoms with Crippen LogP contribution in [0.1, 0.15) is 19.8 Å². The number of nitrogens with one attached hydrogen (secondary N) is 1. The second-order valence-corrected chi connectivity index (χ2v) is 4.16. The monoisotopic (exact) mass is 215 g/mol. The number of allylic oxidation sites excluding steroid dienone is 3. The van der Waals surface area contributed by atoms with Crippen molar-refractivity contribution in [3.63, 3.8) is 0 Å². The predicted octanol–water partition coefficient (Wildman–Crippen LogP) is 2.44. The molecule has 2 nitrogen and oxygen atoms in total. The van der Waals surface area contributed by atoms with E-state index < -0.39 is 12.0 Å². The van der Waals surface area contributed by atoms with Crippen LogP contribution in [0, 0.1) is 5.92 Å². The molecule has 15 heavy (non-hydrogen) atoms. The van der Waals surface area contributed by atoms with Gasteiger partial charge in [0.15, 0.2) is 0 Å². The quantitative estimate of drug-likeness (QED) is 0.763. The van der Waals surface area contributed by atoms with Gasteiger partial charge in [0.05, 0.1) is 6.61 Å². The standard InChI is InChI=1S/C11H15F2NO/c1-7-8(4-9(12)6-11(7)13)5-10-2-3-15-14-10/h4,6-7,10-11,14H,2-3,5H2,1H3/t7?,10-,11?/m1/s1. The van der Waals surface area contributed by atoms with Gasteiger partial charge in [0, 0.05) is 12.0 Å². The van der Waals surface area contributed by atoms with Crippen LogP contribution < -0.4 is 5.48 Å². The van der Waals surface area contributed by atoms with Gasteiger partial charge in [-0.2, -0.15) is 5.48 Å². The highest BCUT2D eigenvalue weighted by molar-refractivity contribution is 5.28. The van der Waals surface area contributed by atoms with Crippen molar-refractivity contribution >= 4 is 0 Å². The fourth-order valence-corrected chi connectivity index (χ4v) is 1.97. The lowest BCUT2D eigenvalue weighted by atomic mass is 9.87. The fraction of sp³-hybridized carbons (Fsp3) is 0.636. The van der Waals surface area contributed by atoms with Gasteiger partial charge < -0.3 is 4.84 Å². The average molecular weight is 215 g/mol. The topological polar surface area (TPSA) is 21.3 Å². The molecule has 2 rings (SSSR count). The fourth-order valence-electron chi connectivity index (χ4n) is 1.97. The highest BCUT2D eigenvalue weighted by Gasteiger charge is 2.26. The Kier molecular flexibility index (Phi) is 3.17. The van der Waals surface area contributed by atoms with E-state index in [0.717, 1.165) is 18.1 Å². The summed E-state index contributed by atoms with van der Waals surface area (Å²) in [6.07, 6.45) is 2.83. The van der Waals surface area contributed by atoms with Crippen molar-refractivity contribution in [2.45, 2.75) is 32.0 Å². The first-order valence-electron chi connectivity index (χ1n) is 5.26. The molecule has 2 unspecified atom stereocenters. The third-order valence-corrected chi connectivity index (χ3v) is 3.00. The van der Waals surface area contributed by atoms with Crippen molar-refractivity contribution in [1.82, 2.24) is 5.48 Å². The van der Waals surface area contributed by atoms with E-state index in [9.17, 15) is 8.78 Å². The Bertz CT molecular complexity index is 295. The minimum atomic E-state index is -1.20. The maximum Gasteiger partial charge on any atom is 0.128 e. The highest BCUT2D eigenvalue weighted by atomic mass is 19.1. The van der Waals surface area contributed by atoms with E-state index in [2.05, 4.69) is 5.48 Å². The van der Waals surface area contributed by atoms with Gasteiger partial charge in [-0.05, 0) is 25.0 Å². The summed E-state index contributed by atoms with van der Waals surface area (Å²) in [5.74, 6) is -0.693. The molecule has 0 aromatic rings. The van der Waals surface area contributed by atoms with Crippen LogP contribution >= 0.6 is 0 Å². The van der Waals surface area contributed by atoms with E-state index >= 15 is 0 Å². The van der Waals surface area contributed by atoms with Crippen LogP contribution in [0.5, 0.6) is 0 Å². The van der Waals surface area contributed by atoms with Crippen LogP contribution in [0.3, 0.4) is 0 Å². The molecule has 1 saturated heterocycles. The number of alkyl halides is 1. The summed E-state index contributed by atoms with van der Waals surface area (Å²) in [5.41, 5.74) is 3.67. The van der Waals surface area contributed by atoms with E-state index in [1.54, 1.807) is 6.92 Å². The summed E-state index contributed by atoms with van der Waals surface area (Å²) in [6, 6.07) is 0.191. The first-order chi connectivity index (χ1) is 7.16. The van der Waals surface area contributed by atoms with Crippen LogP contribution in [0.15, 0.2) is 23.6 Å².